The van der Waals surface area contributed by atoms with Crippen molar-refractivity contribution in [2.45, 2.75) is 25.0 Å². The van der Waals surface area contributed by atoms with E-state index in [-0.39, 0.29) is 17.7 Å². The number of nitrogens with zero attached hydrogens (tertiary/aromatic N) is 3. The maximum Gasteiger partial charge on any atom is 0.231 e. The van der Waals surface area contributed by atoms with Crippen molar-refractivity contribution in [2.24, 2.45) is 0 Å². The van der Waals surface area contributed by atoms with Crippen LogP contribution in [-0.2, 0) is 4.79 Å². The van der Waals surface area contributed by atoms with Gasteiger partial charge >= 0.3 is 0 Å². The summed E-state index contributed by atoms with van der Waals surface area (Å²) in [6.45, 7) is 3.95. The third kappa shape index (κ3) is 3.80. The Bertz CT molecular complexity index is 1090. The van der Waals surface area contributed by atoms with E-state index in [2.05, 4.69) is 15.5 Å². The number of hydrogen-bond acceptors (Lipinski definition) is 5. The topological polar surface area (TPSA) is 73.0 Å². The Kier molecular flexibility index (Phi) is 5.16. The van der Waals surface area contributed by atoms with Crippen LogP contribution in [0.2, 0.25) is 0 Å². The summed E-state index contributed by atoms with van der Waals surface area (Å²) in [6, 6.07) is 17.6. The van der Waals surface area contributed by atoms with E-state index in [0.29, 0.717) is 5.16 Å². The van der Waals surface area contributed by atoms with Gasteiger partial charge in [-0.3, -0.25) is 9.36 Å². The van der Waals surface area contributed by atoms with Gasteiger partial charge in [-0.1, -0.05) is 48.2 Å². The average Bonchev–Trinajstić information content (AvgIpc) is 3.33. The van der Waals surface area contributed by atoms with Crippen LogP contribution in [0.15, 0.2) is 70.5 Å². The van der Waals surface area contributed by atoms with Crippen LogP contribution in [0.5, 0.6) is 0 Å². The Morgan fingerprint density at radius 3 is 2.82 bits per heavy atom. The number of para-hydroxylation sites is 2. The lowest BCUT2D eigenvalue weighted by Crippen LogP contribution is -2.28. The van der Waals surface area contributed by atoms with Crippen LogP contribution in [-0.4, -0.2) is 26.4 Å². The van der Waals surface area contributed by atoms with E-state index in [1.54, 1.807) is 6.33 Å². The lowest BCUT2D eigenvalue weighted by atomic mass is 10.2. The van der Waals surface area contributed by atoms with Gasteiger partial charge in [-0.15, -0.1) is 10.2 Å². The molecule has 0 aliphatic carbocycles. The molecule has 0 saturated carbocycles. The molecule has 2 aromatic heterocycles. The molecule has 1 atom stereocenters. The van der Waals surface area contributed by atoms with Gasteiger partial charge in [0.05, 0.1) is 17.5 Å². The van der Waals surface area contributed by atoms with E-state index >= 15 is 0 Å². The number of amides is 1. The molecule has 1 N–H and O–H groups in total. The number of fused-ring (bicyclic) bond motifs is 1. The summed E-state index contributed by atoms with van der Waals surface area (Å²) < 4.78 is 7.72. The Balaban J connectivity index is 1.40. The number of benzene rings is 2. The lowest BCUT2D eigenvalue weighted by molar-refractivity contribution is -0.119. The molecular formula is C21H20N4O2S. The fraction of sp³-hybridized carbons (Fsp3) is 0.190. The number of thioether (sulfide) groups is 1. The van der Waals surface area contributed by atoms with Crippen molar-refractivity contribution in [1.82, 2.24) is 20.1 Å². The van der Waals surface area contributed by atoms with Crippen LogP contribution in [0, 0.1) is 6.92 Å². The first-order chi connectivity index (χ1) is 13.6. The minimum absolute atomic E-state index is 0.0858. The molecular weight excluding hydrogens is 372 g/mol. The van der Waals surface area contributed by atoms with Crippen molar-refractivity contribution in [3.05, 3.63) is 72.2 Å². The zero-order valence-electron chi connectivity index (χ0n) is 15.6. The maximum absolute atomic E-state index is 12.4. The Hall–Kier alpha value is -3.06. The van der Waals surface area contributed by atoms with Crippen molar-refractivity contribution >= 4 is 28.6 Å². The van der Waals surface area contributed by atoms with E-state index in [9.17, 15) is 4.79 Å². The number of nitrogens with one attached hydrogen (secondary N) is 1. The van der Waals surface area contributed by atoms with Gasteiger partial charge in [-0.05, 0) is 37.6 Å². The number of carbonyl (C=O) groups excluding carboxylic acids is 1. The van der Waals surface area contributed by atoms with Gasteiger partial charge in [0.1, 0.15) is 17.7 Å². The molecule has 0 unspecified atom stereocenters. The van der Waals surface area contributed by atoms with Gasteiger partial charge in [0, 0.05) is 5.39 Å². The highest BCUT2D eigenvalue weighted by atomic mass is 32.2. The molecule has 0 spiro atoms. The third-order valence-electron chi connectivity index (χ3n) is 4.47. The standard InChI is InChI=1S/C21H20N4O2S/c1-14-7-3-5-9-17(14)25-13-22-24-21(25)28-12-20(26)23-15(2)19-11-16-8-4-6-10-18(16)27-19/h3-11,13,15H,12H2,1-2H3,(H,23,26)/t15-/m0/s1. The molecule has 28 heavy (non-hydrogen) atoms. The van der Waals surface area contributed by atoms with Gasteiger partial charge in [-0.2, -0.15) is 0 Å². The van der Waals surface area contributed by atoms with Crippen molar-refractivity contribution in [3.63, 3.8) is 0 Å². The molecule has 1 amide bonds. The highest BCUT2D eigenvalue weighted by molar-refractivity contribution is 7.99. The predicted molar refractivity (Wildman–Crippen MR) is 110 cm³/mol. The molecule has 2 heterocycles. The summed E-state index contributed by atoms with van der Waals surface area (Å²) in [5.74, 6) is 0.898. The van der Waals surface area contributed by atoms with Crippen LogP contribution >= 0.6 is 11.8 Å². The second kappa shape index (κ2) is 7.90. The lowest BCUT2D eigenvalue weighted by Gasteiger charge is -2.12. The molecule has 142 valence electrons. The van der Waals surface area contributed by atoms with Crippen molar-refractivity contribution in [3.8, 4) is 5.69 Å². The fourth-order valence-electron chi connectivity index (χ4n) is 3.02. The van der Waals surface area contributed by atoms with Crippen LogP contribution in [0.1, 0.15) is 24.3 Å². The van der Waals surface area contributed by atoms with Crippen LogP contribution < -0.4 is 5.32 Å². The minimum atomic E-state index is -0.213. The molecule has 0 radical (unpaired) electrons. The highest BCUT2D eigenvalue weighted by Gasteiger charge is 2.16. The SMILES string of the molecule is Cc1ccccc1-n1cnnc1SCC(=O)N[C@@H](C)c1cc2ccccc2o1. The number of furan rings is 1. The van der Waals surface area contributed by atoms with Crippen LogP contribution in [0.3, 0.4) is 0 Å². The largest absolute Gasteiger partial charge is 0.459 e. The predicted octanol–water partition coefficient (Wildman–Crippen LogP) is 4.29. The molecule has 0 bridgehead atoms. The van der Waals surface area contributed by atoms with Gasteiger partial charge in [0.25, 0.3) is 0 Å². The molecule has 0 aliphatic rings. The molecule has 2 aromatic carbocycles. The van der Waals surface area contributed by atoms with Gasteiger partial charge in [0.15, 0.2) is 5.16 Å². The Labute approximate surface area is 167 Å². The number of rotatable bonds is 6. The highest BCUT2D eigenvalue weighted by Crippen LogP contribution is 2.24. The third-order valence-corrected chi connectivity index (χ3v) is 5.42. The monoisotopic (exact) mass is 392 g/mol. The summed E-state index contributed by atoms with van der Waals surface area (Å²) in [4.78, 5) is 12.4. The fourth-order valence-corrected chi connectivity index (χ4v) is 3.75. The van der Waals surface area contributed by atoms with E-state index in [0.717, 1.165) is 28.0 Å². The molecule has 4 rings (SSSR count). The first-order valence-electron chi connectivity index (χ1n) is 8.98. The van der Waals surface area contributed by atoms with E-state index in [4.69, 9.17) is 4.42 Å². The second-order valence-corrected chi connectivity index (χ2v) is 7.48. The maximum atomic E-state index is 12.4. The summed E-state index contributed by atoms with van der Waals surface area (Å²) in [5, 5.41) is 12.8. The summed E-state index contributed by atoms with van der Waals surface area (Å²) in [5.41, 5.74) is 2.94. The summed E-state index contributed by atoms with van der Waals surface area (Å²) in [7, 11) is 0. The van der Waals surface area contributed by atoms with Crippen LogP contribution in [0.25, 0.3) is 16.7 Å². The molecule has 0 saturated heterocycles. The van der Waals surface area contributed by atoms with E-state index in [1.807, 2.05) is 73.0 Å². The van der Waals surface area contributed by atoms with Gasteiger partial charge < -0.3 is 9.73 Å². The second-order valence-electron chi connectivity index (χ2n) is 6.53. The Morgan fingerprint density at radius 2 is 2.00 bits per heavy atom. The molecule has 6 nitrogen and oxygen atoms in total. The van der Waals surface area contributed by atoms with Gasteiger partial charge in [-0.25, -0.2) is 0 Å². The first kappa shape index (κ1) is 18.3. The number of aryl methyl sites for hydroxylation is 1. The smallest absolute Gasteiger partial charge is 0.231 e. The van der Waals surface area contributed by atoms with E-state index < -0.39 is 0 Å². The van der Waals surface area contributed by atoms with Gasteiger partial charge in [0.2, 0.25) is 5.91 Å². The van der Waals surface area contributed by atoms with Crippen molar-refractivity contribution < 1.29 is 9.21 Å². The molecule has 4 aromatic rings. The molecule has 0 aliphatic heterocycles. The normalized spacial score (nSPS) is 12.2. The molecule has 0 fully saturated rings. The van der Waals surface area contributed by atoms with Crippen molar-refractivity contribution in [2.75, 3.05) is 5.75 Å². The summed E-state index contributed by atoms with van der Waals surface area (Å²) in [6.07, 6.45) is 1.67. The Morgan fingerprint density at radius 1 is 1.21 bits per heavy atom. The zero-order valence-corrected chi connectivity index (χ0v) is 16.4. The van der Waals surface area contributed by atoms with Crippen LogP contribution in [0.4, 0.5) is 0 Å². The summed E-state index contributed by atoms with van der Waals surface area (Å²) >= 11 is 1.35. The van der Waals surface area contributed by atoms with Crippen molar-refractivity contribution in [1.29, 1.82) is 0 Å². The zero-order chi connectivity index (χ0) is 19.5. The minimum Gasteiger partial charge on any atom is -0.459 e. The number of aromatic nitrogens is 3. The number of carbonyl (C=O) groups is 1. The number of hydrogen-bond donors (Lipinski definition) is 1. The first-order valence-corrected chi connectivity index (χ1v) is 9.97. The quantitative estimate of drug-likeness (QED) is 0.496. The average molecular weight is 392 g/mol. The molecule has 7 heteroatoms. The van der Waals surface area contributed by atoms with E-state index in [1.165, 1.54) is 11.8 Å².